The van der Waals surface area contributed by atoms with E-state index >= 15 is 0 Å². The number of piperidine rings is 1. The zero-order valence-corrected chi connectivity index (χ0v) is 21.8. The smallest absolute Gasteiger partial charge is 0.223 e. The predicted octanol–water partition coefficient (Wildman–Crippen LogP) is 4.64. The third-order valence-corrected chi connectivity index (χ3v) is 7.83. The molecule has 7 heteroatoms. The Labute approximate surface area is 214 Å². The number of nitrogens with zero attached hydrogens (tertiary/aromatic N) is 4. The van der Waals surface area contributed by atoms with E-state index in [0.29, 0.717) is 24.8 Å². The van der Waals surface area contributed by atoms with Crippen molar-refractivity contribution in [3.63, 3.8) is 0 Å². The Morgan fingerprint density at radius 1 is 1.03 bits per heavy atom. The maximum Gasteiger partial charge on any atom is 0.223 e. The lowest BCUT2D eigenvalue weighted by Gasteiger charge is -2.46. The van der Waals surface area contributed by atoms with Gasteiger partial charge in [-0.3, -0.25) is 19.5 Å². The van der Waals surface area contributed by atoms with E-state index in [2.05, 4.69) is 46.8 Å². The lowest BCUT2D eigenvalue weighted by molar-refractivity contribution is -0.139. The van der Waals surface area contributed by atoms with E-state index in [1.54, 1.807) is 6.92 Å². The standard InChI is InChI=1S/C28H37ClN4O2/c1-20(2)26-19-32(28(25-6-4-5-13-30-25)23-7-9-24(29)10-8-23)16-17-33(26)27(35)18-22-11-14-31(15-12-22)21(3)34/h4-10,13,20,22,26,28H,11-12,14-19H2,1-3H3/t26-,28?/m1/s1. The van der Waals surface area contributed by atoms with Crippen molar-refractivity contribution >= 4 is 23.4 Å². The molecule has 2 atom stereocenters. The van der Waals surface area contributed by atoms with Gasteiger partial charge in [-0.1, -0.05) is 43.6 Å². The van der Waals surface area contributed by atoms with Crippen LogP contribution < -0.4 is 0 Å². The highest BCUT2D eigenvalue weighted by molar-refractivity contribution is 6.30. The molecule has 35 heavy (non-hydrogen) atoms. The molecule has 2 amide bonds. The van der Waals surface area contributed by atoms with Crippen LogP contribution in [0.3, 0.4) is 0 Å². The first-order valence-corrected chi connectivity index (χ1v) is 13.2. The van der Waals surface area contributed by atoms with Gasteiger partial charge < -0.3 is 9.80 Å². The Bertz CT molecular complexity index is 990. The number of halogens is 1. The molecule has 2 fully saturated rings. The van der Waals surface area contributed by atoms with Crippen LogP contribution >= 0.6 is 11.6 Å². The SMILES string of the molecule is CC(=O)N1CCC(CC(=O)N2CCN(C(c3ccc(Cl)cc3)c3ccccn3)C[C@@H]2C(C)C)CC1. The van der Waals surface area contributed by atoms with Gasteiger partial charge in [-0.05, 0) is 54.5 Å². The number of rotatable bonds is 6. The van der Waals surface area contributed by atoms with Gasteiger partial charge in [-0.25, -0.2) is 0 Å². The molecule has 1 unspecified atom stereocenters. The van der Waals surface area contributed by atoms with E-state index in [-0.39, 0.29) is 23.9 Å². The first-order chi connectivity index (χ1) is 16.8. The molecule has 2 aromatic rings. The molecule has 0 spiro atoms. The molecule has 2 aliphatic heterocycles. The van der Waals surface area contributed by atoms with Crippen LogP contribution in [0, 0.1) is 11.8 Å². The summed E-state index contributed by atoms with van der Waals surface area (Å²) in [6.45, 7) is 9.88. The van der Waals surface area contributed by atoms with Crippen molar-refractivity contribution in [2.75, 3.05) is 32.7 Å². The number of aromatic nitrogens is 1. The van der Waals surface area contributed by atoms with Crippen LogP contribution in [0.2, 0.25) is 5.02 Å². The maximum absolute atomic E-state index is 13.5. The fourth-order valence-corrected chi connectivity index (χ4v) is 5.64. The zero-order chi connectivity index (χ0) is 24.9. The predicted molar refractivity (Wildman–Crippen MR) is 139 cm³/mol. The van der Waals surface area contributed by atoms with Crippen LogP contribution in [-0.4, -0.2) is 70.3 Å². The highest BCUT2D eigenvalue weighted by atomic mass is 35.5. The summed E-state index contributed by atoms with van der Waals surface area (Å²) < 4.78 is 0. The number of amides is 2. The van der Waals surface area contributed by atoms with Crippen molar-refractivity contribution in [2.45, 2.75) is 52.1 Å². The Morgan fingerprint density at radius 3 is 2.34 bits per heavy atom. The van der Waals surface area contributed by atoms with Crippen LogP contribution in [0.15, 0.2) is 48.7 Å². The molecule has 0 N–H and O–H groups in total. The van der Waals surface area contributed by atoms with Gasteiger partial charge >= 0.3 is 0 Å². The summed E-state index contributed by atoms with van der Waals surface area (Å²) in [7, 11) is 0. The Balaban J connectivity index is 1.48. The molecule has 0 radical (unpaired) electrons. The van der Waals surface area contributed by atoms with Crippen molar-refractivity contribution in [1.29, 1.82) is 0 Å². The normalized spacial score (nSPS) is 20.8. The second-order valence-electron chi connectivity index (χ2n) is 10.3. The van der Waals surface area contributed by atoms with Crippen molar-refractivity contribution < 1.29 is 9.59 Å². The molecule has 0 saturated carbocycles. The zero-order valence-electron chi connectivity index (χ0n) is 21.1. The molecule has 6 nitrogen and oxygen atoms in total. The average Bonchev–Trinajstić information content (AvgIpc) is 2.86. The number of carbonyl (C=O) groups is 2. The number of benzene rings is 1. The third-order valence-electron chi connectivity index (χ3n) is 7.58. The molecule has 2 saturated heterocycles. The molecular formula is C28H37ClN4O2. The lowest BCUT2D eigenvalue weighted by Crippen LogP contribution is -2.58. The minimum atomic E-state index is 0.0166. The summed E-state index contributed by atoms with van der Waals surface area (Å²) in [6, 6.07) is 14.2. The van der Waals surface area contributed by atoms with Gasteiger partial charge in [-0.15, -0.1) is 0 Å². The summed E-state index contributed by atoms with van der Waals surface area (Å²) in [5.74, 6) is 1.09. The monoisotopic (exact) mass is 496 g/mol. The van der Waals surface area contributed by atoms with Crippen molar-refractivity contribution in [3.8, 4) is 0 Å². The van der Waals surface area contributed by atoms with Gasteiger partial charge in [-0.2, -0.15) is 0 Å². The molecule has 2 aliphatic rings. The summed E-state index contributed by atoms with van der Waals surface area (Å²) in [5.41, 5.74) is 2.17. The van der Waals surface area contributed by atoms with Crippen molar-refractivity contribution in [2.24, 2.45) is 11.8 Å². The van der Waals surface area contributed by atoms with Crippen LogP contribution in [0.4, 0.5) is 0 Å². The summed E-state index contributed by atoms with van der Waals surface area (Å²) in [5, 5.41) is 0.720. The number of piperazine rings is 1. The highest BCUT2D eigenvalue weighted by Crippen LogP contribution is 2.32. The lowest BCUT2D eigenvalue weighted by atomic mass is 9.91. The topological polar surface area (TPSA) is 56.8 Å². The summed E-state index contributed by atoms with van der Waals surface area (Å²) in [6.07, 6.45) is 4.25. The van der Waals surface area contributed by atoms with Crippen molar-refractivity contribution in [1.82, 2.24) is 19.7 Å². The van der Waals surface area contributed by atoms with Crippen LogP contribution in [0.1, 0.15) is 57.3 Å². The largest absolute Gasteiger partial charge is 0.343 e. The van der Waals surface area contributed by atoms with E-state index in [4.69, 9.17) is 11.6 Å². The number of pyridine rings is 1. The number of likely N-dealkylation sites (tertiary alicyclic amines) is 1. The second kappa shape index (κ2) is 11.5. The molecule has 1 aromatic carbocycles. The minimum Gasteiger partial charge on any atom is -0.343 e. The van der Waals surface area contributed by atoms with E-state index in [1.807, 2.05) is 35.4 Å². The molecule has 1 aromatic heterocycles. The third kappa shape index (κ3) is 6.22. The number of hydrogen-bond acceptors (Lipinski definition) is 4. The molecule has 3 heterocycles. The van der Waals surface area contributed by atoms with Gasteiger partial charge in [0.2, 0.25) is 11.8 Å². The Morgan fingerprint density at radius 2 is 1.74 bits per heavy atom. The van der Waals surface area contributed by atoms with Gasteiger partial charge in [0.25, 0.3) is 0 Å². The quantitative estimate of drug-likeness (QED) is 0.584. The Kier molecular flexibility index (Phi) is 8.45. The van der Waals surface area contributed by atoms with Gasteiger partial charge in [0, 0.05) is 63.3 Å². The minimum absolute atomic E-state index is 0.0166. The van der Waals surface area contributed by atoms with E-state index in [9.17, 15) is 9.59 Å². The molecule has 0 bridgehead atoms. The van der Waals surface area contributed by atoms with E-state index in [0.717, 1.165) is 55.3 Å². The van der Waals surface area contributed by atoms with E-state index < -0.39 is 0 Å². The number of carbonyl (C=O) groups excluding carboxylic acids is 2. The van der Waals surface area contributed by atoms with Crippen LogP contribution in [0.25, 0.3) is 0 Å². The van der Waals surface area contributed by atoms with E-state index in [1.165, 1.54) is 0 Å². The summed E-state index contributed by atoms with van der Waals surface area (Å²) >= 11 is 6.18. The molecular weight excluding hydrogens is 460 g/mol. The van der Waals surface area contributed by atoms with Crippen LogP contribution in [0.5, 0.6) is 0 Å². The molecule has 0 aliphatic carbocycles. The average molecular weight is 497 g/mol. The fourth-order valence-electron chi connectivity index (χ4n) is 5.51. The van der Waals surface area contributed by atoms with Gasteiger partial charge in [0.05, 0.1) is 11.7 Å². The molecule has 188 valence electrons. The Hall–Kier alpha value is -2.44. The van der Waals surface area contributed by atoms with Gasteiger partial charge in [0.15, 0.2) is 0 Å². The summed E-state index contributed by atoms with van der Waals surface area (Å²) in [4.78, 5) is 36.3. The maximum atomic E-state index is 13.5. The van der Waals surface area contributed by atoms with Gasteiger partial charge in [0.1, 0.15) is 0 Å². The van der Waals surface area contributed by atoms with Crippen molar-refractivity contribution in [3.05, 3.63) is 64.9 Å². The first-order valence-electron chi connectivity index (χ1n) is 12.8. The first kappa shape index (κ1) is 25.6. The fraction of sp³-hybridized carbons (Fsp3) is 0.536. The van der Waals surface area contributed by atoms with Crippen LogP contribution in [-0.2, 0) is 9.59 Å². The highest BCUT2D eigenvalue weighted by Gasteiger charge is 2.37. The molecule has 4 rings (SSSR count). The number of hydrogen-bond donors (Lipinski definition) is 0. The second-order valence-corrected chi connectivity index (χ2v) is 10.7.